The van der Waals surface area contributed by atoms with Crippen LogP contribution in [0.5, 0.6) is 0 Å². The first-order valence-corrected chi connectivity index (χ1v) is 2.35. The first-order chi connectivity index (χ1) is 2.00. The molecule has 0 fully saturated rings. The molecular formula is H4MnNaO4PTiV. The molecule has 0 heterocycles. The summed E-state index contributed by atoms with van der Waals surface area (Å²) in [5.41, 5.74) is 0. The Morgan fingerprint density at radius 2 is 1.22 bits per heavy atom. The van der Waals surface area contributed by atoms with Crippen molar-refractivity contribution in [1.82, 2.24) is 0 Å². The van der Waals surface area contributed by atoms with Crippen LogP contribution >= 0.6 is 7.82 Å². The molecule has 0 aliphatic heterocycles. The largest absolute Gasteiger partial charge is 1.00 e. The maximum absolute atomic E-state index is 8.88. The van der Waals surface area contributed by atoms with Crippen LogP contribution in [0.2, 0.25) is 0 Å². The average molecular weight is 276 g/mol. The van der Waals surface area contributed by atoms with Crippen molar-refractivity contribution in [2.45, 2.75) is 0 Å². The summed E-state index contributed by atoms with van der Waals surface area (Å²) < 4.78 is 8.88. The van der Waals surface area contributed by atoms with Crippen LogP contribution in [-0.2, 0) is 61.9 Å². The molecule has 4 nitrogen and oxygen atoms in total. The Hall–Kier alpha value is 2.93. The maximum Gasteiger partial charge on any atom is 1.00 e. The van der Waals surface area contributed by atoms with E-state index in [0.717, 1.165) is 0 Å². The van der Waals surface area contributed by atoms with E-state index < -0.39 is 7.82 Å². The van der Waals surface area contributed by atoms with Crippen LogP contribution in [0.15, 0.2) is 0 Å². The molecule has 2 radical (unpaired) electrons. The molecule has 9 heavy (non-hydrogen) atoms. The van der Waals surface area contributed by atoms with Crippen molar-refractivity contribution in [3.05, 3.63) is 0 Å². The van der Waals surface area contributed by atoms with E-state index in [0.29, 0.717) is 0 Å². The minimum Gasteiger partial charge on any atom is -1.00 e. The summed E-state index contributed by atoms with van der Waals surface area (Å²) in [6.07, 6.45) is 0. The second-order valence-corrected chi connectivity index (χ2v) is 1.54. The predicted molar refractivity (Wildman–Crippen MR) is 15.4 cm³/mol. The molecule has 0 aromatic carbocycles. The van der Waals surface area contributed by atoms with Gasteiger partial charge >= 0.3 is 37.4 Å². The second kappa shape index (κ2) is 13.5. The van der Waals surface area contributed by atoms with Crippen LogP contribution in [0, 0.1) is 0 Å². The van der Waals surface area contributed by atoms with Crippen LogP contribution in [0.25, 0.3) is 0 Å². The Balaban J connectivity index is -0.00000000800. The maximum atomic E-state index is 8.88. The van der Waals surface area contributed by atoms with Crippen LogP contribution in [0.3, 0.4) is 0 Å². The first-order valence-electron chi connectivity index (χ1n) is 0.783. The van der Waals surface area contributed by atoms with E-state index in [9.17, 15) is 0 Å². The summed E-state index contributed by atoms with van der Waals surface area (Å²) in [6, 6.07) is 0. The van der Waals surface area contributed by atoms with Gasteiger partial charge in [-0.1, -0.05) is 0 Å². The van der Waals surface area contributed by atoms with Crippen LogP contribution in [0.1, 0.15) is 1.43 Å². The molecule has 50 valence electrons. The molecule has 0 atom stereocenters. The minimum atomic E-state index is -4.64. The average Bonchev–Trinajstić information content (AvgIpc) is 0.722. The van der Waals surface area contributed by atoms with Crippen LogP contribution in [0.4, 0.5) is 0 Å². The third-order valence-corrected chi connectivity index (χ3v) is 0. The fourth-order valence-corrected chi connectivity index (χ4v) is 0. The van der Waals surface area contributed by atoms with Crippen molar-refractivity contribution in [3.63, 3.8) is 0 Å². The van der Waals surface area contributed by atoms with Crippen molar-refractivity contribution >= 4 is 7.82 Å². The molecule has 0 saturated heterocycles. The summed E-state index contributed by atoms with van der Waals surface area (Å²) in [5.74, 6) is 0. The van der Waals surface area contributed by atoms with Gasteiger partial charge in [-0.2, -0.15) is 0 Å². The van der Waals surface area contributed by atoms with E-state index in [1.165, 1.54) is 0 Å². The van der Waals surface area contributed by atoms with E-state index in [-0.39, 0.29) is 88.3 Å². The van der Waals surface area contributed by atoms with E-state index in [1.54, 1.807) is 0 Å². The summed E-state index contributed by atoms with van der Waals surface area (Å²) in [7, 11) is -4.64. The second-order valence-electron chi connectivity index (χ2n) is 0.513. The fourth-order valence-electron chi connectivity index (χ4n) is 0. The number of phosphoric acid groups is 1. The van der Waals surface area contributed by atoms with Gasteiger partial charge < -0.3 is 16.1 Å². The zero-order chi connectivity index (χ0) is 4.50. The van der Waals surface area contributed by atoms with E-state index >= 15 is 0 Å². The van der Waals surface area contributed by atoms with Gasteiger partial charge in [-0.3, -0.25) is 0 Å². The van der Waals surface area contributed by atoms with Gasteiger partial charge in [0.25, 0.3) is 0 Å². The summed E-state index contributed by atoms with van der Waals surface area (Å²) >= 11 is 0. The monoisotopic (exact) mass is 276 g/mol. The fraction of sp³-hybridized carbons (Fsp3) is 0. The molecule has 0 aromatic rings. The molecule has 0 aliphatic rings. The van der Waals surface area contributed by atoms with Gasteiger partial charge in [-0.05, 0) is 0 Å². The van der Waals surface area contributed by atoms with Gasteiger partial charge in [0.15, 0.2) is 0 Å². The Bertz CT molecular complexity index is 71.4. The van der Waals surface area contributed by atoms with E-state index in [2.05, 4.69) is 0 Å². The van der Waals surface area contributed by atoms with E-state index in [1.807, 2.05) is 0 Å². The first kappa shape index (κ1) is 29.7. The van der Waals surface area contributed by atoms with Crippen LogP contribution < -0.4 is 29.6 Å². The molecule has 0 saturated carbocycles. The topological polar surface area (TPSA) is 77.8 Å². The Morgan fingerprint density at radius 3 is 1.22 bits per heavy atom. The molecule has 0 bridgehead atoms. The zero-order valence-corrected chi connectivity index (χ0v) is 11.6. The summed E-state index contributed by atoms with van der Waals surface area (Å²) in [4.78, 5) is 21.6. The number of hydrogen-bond donors (Lipinski definition) is 3. The summed E-state index contributed by atoms with van der Waals surface area (Å²) in [5, 5.41) is 0. The standard InChI is InChI=1S/Mn.Na.H3O4P.Ti.V.H/c;;1-5(2,3)4;;;/h;;(H3,1,2,3,4);;;/q;+1;;;;-1. The third-order valence-electron chi connectivity index (χ3n) is 0. The smallest absolute Gasteiger partial charge is 1.00 e. The Morgan fingerprint density at radius 1 is 1.22 bits per heavy atom. The minimum absolute atomic E-state index is 0. The molecular weight excluding hydrogens is 272 g/mol. The third kappa shape index (κ3) is 102. The molecule has 0 amide bonds. The molecule has 0 unspecified atom stereocenters. The summed E-state index contributed by atoms with van der Waals surface area (Å²) in [6.45, 7) is 0. The van der Waals surface area contributed by atoms with E-state index in [4.69, 9.17) is 19.2 Å². The molecule has 0 aliphatic carbocycles. The molecule has 9 heteroatoms. The normalized spacial score (nSPS) is 6.56. The molecule has 0 rings (SSSR count). The van der Waals surface area contributed by atoms with Crippen molar-refractivity contribution in [1.29, 1.82) is 0 Å². The predicted octanol–water partition coefficient (Wildman–Crippen LogP) is -3.82. The molecule has 3 N–H and O–H groups in total. The van der Waals surface area contributed by atoms with Gasteiger partial charge in [0.2, 0.25) is 0 Å². The van der Waals surface area contributed by atoms with Crippen LogP contribution in [-0.4, -0.2) is 14.7 Å². The quantitative estimate of drug-likeness (QED) is 0.313. The van der Waals surface area contributed by atoms with Gasteiger partial charge in [0.1, 0.15) is 0 Å². The van der Waals surface area contributed by atoms with Crippen molar-refractivity contribution in [3.8, 4) is 0 Å². The SMILES string of the molecule is O=P(O)(O)O.[H-].[Mn].[Na+].[Ti].[V]. The molecule has 0 spiro atoms. The Labute approximate surface area is 114 Å². The van der Waals surface area contributed by atoms with Crippen molar-refractivity contribution in [2.75, 3.05) is 0 Å². The molecule has 0 aromatic heterocycles. The van der Waals surface area contributed by atoms with Gasteiger partial charge in [-0.25, -0.2) is 4.57 Å². The van der Waals surface area contributed by atoms with Gasteiger partial charge in [0.05, 0.1) is 0 Å². The number of hydrogen-bond acceptors (Lipinski definition) is 1. The van der Waals surface area contributed by atoms with Crippen molar-refractivity contribution in [2.24, 2.45) is 0 Å². The van der Waals surface area contributed by atoms with Gasteiger partial charge in [0, 0.05) is 57.3 Å². The number of rotatable bonds is 0. The Kier molecular flexibility index (Phi) is 44.6. The van der Waals surface area contributed by atoms with Gasteiger partial charge in [-0.15, -0.1) is 0 Å². The van der Waals surface area contributed by atoms with Crippen molar-refractivity contribution < 1.29 is 108 Å². The zero-order valence-electron chi connectivity index (χ0n) is 5.52.